The zero-order valence-electron chi connectivity index (χ0n) is 17.3. The molecule has 0 unspecified atom stereocenters. The summed E-state index contributed by atoms with van der Waals surface area (Å²) in [6.07, 6.45) is 1.65. The average molecular weight is 399 g/mol. The standard InChI is InChI=1S/C24H25N5O/c1-17(2)29-23-21(14-25-29)24(30)28-13-12-27(16-22(28)26-23)15-18-8-10-20(11-9-18)19-6-4-3-5-7-19/h3-11,14,17H,12-13,15-16H2,1-2H3. The molecule has 30 heavy (non-hydrogen) atoms. The Kier molecular flexibility index (Phi) is 4.71. The highest BCUT2D eigenvalue weighted by molar-refractivity contribution is 5.73. The second-order valence-electron chi connectivity index (χ2n) is 8.18. The highest BCUT2D eigenvalue weighted by Crippen LogP contribution is 2.21. The zero-order chi connectivity index (χ0) is 20.7. The Balaban J connectivity index is 1.38. The van der Waals surface area contributed by atoms with E-state index in [4.69, 9.17) is 4.98 Å². The minimum atomic E-state index is 0.0220. The first-order chi connectivity index (χ1) is 14.6. The zero-order valence-corrected chi connectivity index (χ0v) is 17.3. The van der Waals surface area contributed by atoms with Crippen LogP contribution in [0.15, 0.2) is 65.6 Å². The van der Waals surface area contributed by atoms with Gasteiger partial charge in [-0.25, -0.2) is 9.67 Å². The van der Waals surface area contributed by atoms with Crippen LogP contribution < -0.4 is 5.56 Å². The SMILES string of the molecule is CC(C)n1ncc2c(=O)n3c(nc21)CN(Cc1ccc(-c2ccccc2)cc1)CC3. The van der Waals surface area contributed by atoms with Gasteiger partial charge in [0.1, 0.15) is 11.2 Å². The fourth-order valence-electron chi connectivity index (χ4n) is 4.14. The number of nitrogens with zero attached hydrogens (tertiary/aromatic N) is 5. The molecule has 152 valence electrons. The molecular weight excluding hydrogens is 374 g/mol. The number of hydrogen-bond acceptors (Lipinski definition) is 4. The lowest BCUT2D eigenvalue weighted by atomic mass is 10.0. The molecule has 0 saturated carbocycles. The van der Waals surface area contributed by atoms with Gasteiger partial charge < -0.3 is 0 Å². The molecule has 6 nitrogen and oxygen atoms in total. The molecule has 0 amide bonds. The summed E-state index contributed by atoms with van der Waals surface area (Å²) in [5, 5.41) is 4.98. The van der Waals surface area contributed by atoms with E-state index < -0.39 is 0 Å². The van der Waals surface area contributed by atoms with Crippen molar-refractivity contribution >= 4 is 11.0 Å². The first-order valence-corrected chi connectivity index (χ1v) is 10.4. The summed E-state index contributed by atoms with van der Waals surface area (Å²) in [6, 6.07) is 19.3. The predicted octanol–water partition coefficient (Wildman–Crippen LogP) is 3.86. The van der Waals surface area contributed by atoms with Crippen LogP contribution in [0.3, 0.4) is 0 Å². The van der Waals surface area contributed by atoms with Gasteiger partial charge in [0.15, 0.2) is 5.65 Å². The van der Waals surface area contributed by atoms with Crippen LogP contribution in [0.2, 0.25) is 0 Å². The fourth-order valence-corrected chi connectivity index (χ4v) is 4.14. The van der Waals surface area contributed by atoms with Gasteiger partial charge in [-0.15, -0.1) is 0 Å². The Morgan fingerprint density at radius 1 is 0.967 bits per heavy atom. The quantitative estimate of drug-likeness (QED) is 0.523. The van der Waals surface area contributed by atoms with Gasteiger partial charge in [-0.2, -0.15) is 5.10 Å². The highest BCUT2D eigenvalue weighted by atomic mass is 16.1. The third-order valence-electron chi connectivity index (χ3n) is 5.75. The topological polar surface area (TPSA) is 56.0 Å². The van der Waals surface area contributed by atoms with Crippen LogP contribution >= 0.6 is 0 Å². The maximum Gasteiger partial charge on any atom is 0.264 e. The lowest BCUT2D eigenvalue weighted by molar-refractivity contribution is 0.204. The second kappa shape index (κ2) is 7.54. The summed E-state index contributed by atoms with van der Waals surface area (Å²) >= 11 is 0. The molecule has 0 aliphatic carbocycles. The van der Waals surface area contributed by atoms with E-state index in [-0.39, 0.29) is 11.6 Å². The Bertz CT molecular complexity index is 1240. The van der Waals surface area contributed by atoms with E-state index in [0.717, 1.165) is 18.9 Å². The van der Waals surface area contributed by atoms with Gasteiger partial charge in [0.05, 0.1) is 12.7 Å². The number of rotatable bonds is 4. The Labute approximate surface area is 175 Å². The molecule has 1 aliphatic rings. The largest absolute Gasteiger partial charge is 0.294 e. The normalized spacial score (nSPS) is 14.4. The van der Waals surface area contributed by atoms with Crippen molar-refractivity contribution in [3.05, 3.63) is 82.5 Å². The monoisotopic (exact) mass is 399 g/mol. The van der Waals surface area contributed by atoms with Crippen molar-refractivity contribution in [3.63, 3.8) is 0 Å². The molecule has 0 spiro atoms. The van der Waals surface area contributed by atoms with E-state index in [0.29, 0.717) is 24.1 Å². The average Bonchev–Trinajstić information content (AvgIpc) is 3.19. The molecule has 0 fully saturated rings. The predicted molar refractivity (Wildman–Crippen MR) is 118 cm³/mol. The van der Waals surface area contributed by atoms with Crippen LogP contribution in [0.25, 0.3) is 22.2 Å². The van der Waals surface area contributed by atoms with Crippen molar-refractivity contribution in [2.45, 2.75) is 39.5 Å². The van der Waals surface area contributed by atoms with Crippen molar-refractivity contribution in [1.29, 1.82) is 0 Å². The summed E-state index contributed by atoms with van der Waals surface area (Å²) in [5.41, 5.74) is 4.43. The molecule has 6 heteroatoms. The van der Waals surface area contributed by atoms with Gasteiger partial charge in [-0.1, -0.05) is 54.6 Å². The van der Waals surface area contributed by atoms with E-state index >= 15 is 0 Å². The third kappa shape index (κ3) is 3.33. The molecule has 0 N–H and O–H groups in total. The van der Waals surface area contributed by atoms with Crippen molar-refractivity contribution in [2.75, 3.05) is 6.54 Å². The number of hydrogen-bond donors (Lipinski definition) is 0. The van der Waals surface area contributed by atoms with Crippen molar-refractivity contribution in [2.24, 2.45) is 0 Å². The summed E-state index contributed by atoms with van der Waals surface area (Å²) in [4.78, 5) is 20.1. The van der Waals surface area contributed by atoms with Crippen LogP contribution in [-0.4, -0.2) is 30.8 Å². The third-order valence-corrected chi connectivity index (χ3v) is 5.75. The number of aromatic nitrogens is 4. The van der Waals surface area contributed by atoms with E-state index in [9.17, 15) is 4.79 Å². The van der Waals surface area contributed by atoms with Gasteiger partial charge >= 0.3 is 0 Å². The van der Waals surface area contributed by atoms with Gasteiger partial charge in [-0.05, 0) is 30.5 Å². The maximum absolute atomic E-state index is 12.9. The van der Waals surface area contributed by atoms with Crippen LogP contribution in [-0.2, 0) is 19.6 Å². The smallest absolute Gasteiger partial charge is 0.264 e. The van der Waals surface area contributed by atoms with Crippen LogP contribution in [0.5, 0.6) is 0 Å². The highest BCUT2D eigenvalue weighted by Gasteiger charge is 2.22. The Morgan fingerprint density at radius 3 is 2.43 bits per heavy atom. The Hall–Kier alpha value is -3.25. The molecule has 0 atom stereocenters. The minimum Gasteiger partial charge on any atom is -0.294 e. The second-order valence-corrected chi connectivity index (χ2v) is 8.18. The number of benzene rings is 2. The maximum atomic E-state index is 12.9. The summed E-state index contributed by atoms with van der Waals surface area (Å²) in [6.45, 7) is 7.10. The minimum absolute atomic E-state index is 0.0220. The fraction of sp³-hybridized carbons (Fsp3) is 0.292. The lowest BCUT2D eigenvalue weighted by Gasteiger charge is -2.29. The van der Waals surface area contributed by atoms with Gasteiger partial charge in [0.2, 0.25) is 0 Å². The molecule has 0 bridgehead atoms. The number of fused-ring (bicyclic) bond motifs is 2. The van der Waals surface area contributed by atoms with Crippen molar-refractivity contribution < 1.29 is 0 Å². The molecule has 5 rings (SSSR count). The van der Waals surface area contributed by atoms with Gasteiger partial charge in [-0.3, -0.25) is 14.3 Å². The van der Waals surface area contributed by atoms with Crippen LogP contribution in [0, 0.1) is 0 Å². The van der Waals surface area contributed by atoms with E-state index in [1.165, 1.54) is 16.7 Å². The van der Waals surface area contributed by atoms with Crippen LogP contribution in [0.1, 0.15) is 31.3 Å². The van der Waals surface area contributed by atoms with Gasteiger partial charge in [0.25, 0.3) is 5.56 Å². The lowest BCUT2D eigenvalue weighted by Crippen LogP contribution is -2.39. The molecule has 2 aromatic carbocycles. The Morgan fingerprint density at radius 2 is 1.70 bits per heavy atom. The molecule has 3 heterocycles. The first kappa shape index (κ1) is 18.8. The molecular formula is C24H25N5O. The van der Waals surface area contributed by atoms with E-state index in [1.807, 2.05) is 15.3 Å². The molecule has 0 saturated heterocycles. The van der Waals surface area contributed by atoms with Gasteiger partial charge in [0, 0.05) is 25.7 Å². The van der Waals surface area contributed by atoms with Crippen molar-refractivity contribution in [3.8, 4) is 11.1 Å². The van der Waals surface area contributed by atoms with Crippen molar-refractivity contribution in [1.82, 2.24) is 24.2 Å². The van der Waals surface area contributed by atoms with E-state index in [1.54, 1.807) is 6.20 Å². The molecule has 1 aliphatic heterocycles. The van der Waals surface area contributed by atoms with Crippen LogP contribution in [0.4, 0.5) is 0 Å². The molecule has 0 radical (unpaired) electrons. The first-order valence-electron chi connectivity index (χ1n) is 10.4. The summed E-state index contributed by atoms with van der Waals surface area (Å²) in [7, 11) is 0. The summed E-state index contributed by atoms with van der Waals surface area (Å²) in [5.74, 6) is 0.821. The molecule has 2 aromatic heterocycles. The summed E-state index contributed by atoms with van der Waals surface area (Å²) < 4.78 is 3.64. The molecule has 4 aromatic rings. The van der Waals surface area contributed by atoms with E-state index in [2.05, 4.69) is 72.4 Å².